The summed E-state index contributed by atoms with van der Waals surface area (Å²) in [5.41, 5.74) is 1.77. The van der Waals surface area contributed by atoms with Crippen molar-refractivity contribution in [3.05, 3.63) is 88.9 Å². The standard InChI is InChI=1S/C26H23ClN2O5/c1-32-24-16-20(10-13-23(24)33-17-19-8-11-21(27)12-9-19)26(31)34-18-25(30)29(15-5-14-28)22-6-3-2-4-7-22/h2-4,6-13,16H,5,15,17-18H2,1H3. The molecule has 0 bridgehead atoms. The van der Waals surface area contributed by atoms with Gasteiger partial charge in [-0.3, -0.25) is 4.79 Å². The van der Waals surface area contributed by atoms with Crippen molar-refractivity contribution in [3.63, 3.8) is 0 Å². The van der Waals surface area contributed by atoms with Crippen LogP contribution in [0.1, 0.15) is 22.3 Å². The first-order chi connectivity index (χ1) is 16.5. The number of ether oxygens (including phenoxy) is 3. The van der Waals surface area contributed by atoms with Gasteiger partial charge < -0.3 is 19.1 Å². The third kappa shape index (κ3) is 6.74. The Kier molecular flexibility index (Phi) is 8.89. The number of nitriles is 1. The van der Waals surface area contributed by atoms with Crippen molar-refractivity contribution in [1.29, 1.82) is 5.26 Å². The minimum absolute atomic E-state index is 0.156. The number of rotatable bonds is 10. The molecule has 0 atom stereocenters. The number of carbonyl (C=O) groups is 2. The Balaban J connectivity index is 1.62. The monoisotopic (exact) mass is 478 g/mol. The van der Waals surface area contributed by atoms with E-state index in [1.54, 1.807) is 42.5 Å². The van der Waals surface area contributed by atoms with Gasteiger partial charge in [0.15, 0.2) is 18.1 Å². The first-order valence-corrected chi connectivity index (χ1v) is 10.8. The molecule has 0 aliphatic heterocycles. The number of para-hydroxylation sites is 1. The van der Waals surface area contributed by atoms with Gasteiger partial charge in [-0.1, -0.05) is 41.9 Å². The largest absolute Gasteiger partial charge is 0.493 e. The second kappa shape index (κ2) is 12.3. The SMILES string of the molecule is COc1cc(C(=O)OCC(=O)N(CCC#N)c2ccccc2)ccc1OCc1ccc(Cl)cc1. The van der Waals surface area contributed by atoms with E-state index in [2.05, 4.69) is 0 Å². The van der Waals surface area contributed by atoms with E-state index in [1.165, 1.54) is 24.1 Å². The summed E-state index contributed by atoms with van der Waals surface area (Å²) in [4.78, 5) is 26.7. The Labute approximate surface area is 203 Å². The lowest BCUT2D eigenvalue weighted by atomic mass is 10.2. The molecule has 0 saturated heterocycles. The van der Waals surface area contributed by atoms with Crippen LogP contribution in [0.25, 0.3) is 0 Å². The smallest absolute Gasteiger partial charge is 0.338 e. The number of hydrogen-bond acceptors (Lipinski definition) is 6. The van der Waals surface area contributed by atoms with Crippen LogP contribution >= 0.6 is 11.6 Å². The van der Waals surface area contributed by atoms with Gasteiger partial charge in [0.25, 0.3) is 5.91 Å². The van der Waals surface area contributed by atoms with E-state index in [0.29, 0.717) is 28.8 Å². The van der Waals surface area contributed by atoms with E-state index < -0.39 is 18.5 Å². The van der Waals surface area contributed by atoms with Gasteiger partial charge in [0, 0.05) is 17.3 Å². The fourth-order valence-corrected chi connectivity index (χ4v) is 3.24. The topological polar surface area (TPSA) is 88.9 Å². The number of amides is 1. The number of benzene rings is 3. The van der Waals surface area contributed by atoms with E-state index in [0.717, 1.165) is 5.56 Å². The molecule has 0 saturated carbocycles. The van der Waals surface area contributed by atoms with Crippen LogP contribution in [0, 0.1) is 11.3 Å². The van der Waals surface area contributed by atoms with Crippen molar-refractivity contribution >= 4 is 29.2 Å². The molecular formula is C26H23ClN2O5. The molecule has 174 valence electrons. The molecule has 0 aliphatic carbocycles. The number of hydrogen-bond donors (Lipinski definition) is 0. The highest BCUT2D eigenvalue weighted by molar-refractivity contribution is 6.30. The van der Waals surface area contributed by atoms with Crippen LogP contribution in [0.3, 0.4) is 0 Å². The highest BCUT2D eigenvalue weighted by Crippen LogP contribution is 2.29. The third-order valence-electron chi connectivity index (χ3n) is 4.85. The van der Waals surface area contributed by atoms with Crippen LogP contribution in [0.5, 0.6) is 11.5 Å². The summed E-state index contributed by atoms with van der Waals surface area (Å²) in [7, 11) is 1.47. The second-order valence-electron chi connectivity index (χ2n) is 7.15. The van der Waals surface area contributed by atoms with Gasteiger partial charge in [0.2, 0.25) is 0 Å². The van der Waals surface area contributed by atoms with Gasteiger partial charge in [-0.15, -0.1) is 0 Å². The first kappa shape index (κ1) is 24.6. The van der Waals surface area contributed by atoms with E-state index >= 15 is 0 Å². The zero-order chi connectivity index (χ0) is 24.3. The molecular weight excluding hydrogens is 456 g/mol. The van der Waals surface area contributed by atoms with E-state index in [1.807, 2.05) is 24.3 Å². The van der Waals surface area contributed by atoms with Crippen LogP contribution in [0.15, 0.2) is 72.8 Å². The number of carbonyl (C=O) groups excluding carboxylic acids is 2. The minimum Gasteiger partial charge on any atom is -0.493 e. The Hall–Kier alpha value is -4.02. The average Bonchev–Trinajstić information content (AvgIpc) is 2.87. The van der Waals surface area contributed by atoms with Crippen LogP contribution in [-0.4, -0.2) is 32.1 Å². The Morgan fingerprint density at radius 3 is 2.41 bits per heavy atom. The lowest BCUT2D eigenvalue weighted by molar-refractivity contribution is -0.121. The first-order valence-electron chi connectivity index (χ1n) is 10.5. The minimum atomic E-state index is -0.677. The number of anilines is 1. The number of methoxy groups -OCH3 is 1. The lowest BCUT2D eigenvalue weighted by Gasteiger charge is -2.21. The summed E-state index contributed by atoms with van der Waals surface area (Å²) >= 11 is 5.90. The molecule has 0 heterocycles. The molecule has 3 aromatic rings. The van der Waals surface area contributed by atoms with Gasteiger partial charge in [-0.05, 0) is 48.0 Å². The quantitative estimate of drug-likeness (QED) is 0.380. The van der Waals surface area contributed by atoms with Crippen LogP contribution in [0.2, 0.25) is 5.02 Å². The Bertz CT molecular complexity index is 1160. The summed E-state index contributed by atoms with van der Waals surface area (Å²) < 4.78 is 16.4. The maximum absolute atomic E-state index is 12.7. The van der Waals surface area contributed by atoms with Crippen LogP contribution in [-0.2, 0) is 16.1 Å². The van der Waals surface area contributed by atoms with Crippen molar-refractivity contribution in [2.24, 2.45) is 0 Å². The fraction of sp³-hybridized carbons (Fsp3) is 0.192. The van der Waals surface area contributed by atoms with Gasteiger partial charge in [-0.2, -0.15) is 5.26 Å². The maximum Gasteiger partial charge on any atom is 0.338 e. The zero-order valence-electron chi connectivity index (χ0n) is 18.6. The second-order valence-corrected chi connectivity index (χ2v) is 7.58. The zero-order valence-corrected chi connectivity index (χ0v) is 19.3. The van der Waals surface area contributed by atoms with Gasteiger partial charge in [-0.25, -0.2) is 4.79 Å². The molecule has 0 aromatic heterocycles. The van der Waals surface area contributed by atoms with Crippen molar-refractivity contribution in [3.8, 4) is 17.6 Å². The van der Waals surface area contributed by atoms with Crippen molar-refractivity contribution in [2.75, 3.05) is 25.2 Å². The van der Waals surface area contributed by atoms with E-state index in [9.17, 15) is 9.59 Å². The van der Waals surface area contributed by atoms with Gasteiger partial charge >= 0.3 is 5.97 Å². The number of esters is 1. The molecule has 3 aromatic carbocycles. The van der Waals surface area contributed by atoms with Gasteiger partial charge in [0.05, 0.1) is 25.2 Å². The summed E-state index contributed by atoms with van der Waals surface area (Å²) in [6, 6.07) is 22.8. The highest BCUT2D eigenvalue weighted by Gasteiger charge is 2.19. The summed E-state index contributed by atoms with van der Waals surface area (Å²) in [5, 5.41) is 9.53. The Morgan fingerprint density at radius 2 is 1.74 bits per heavy atom. The molecule has 0 radical (unpaired) electrons. The fourth-order valence-electron chi connectivity index (χ4n) is 3.11. The lowest BCUT2D eigenvalue weighted by Crippen LogP contribution is -2.35. The maximum atomic E-state index is 12.7. The molecule has 34 heavy (non-hydrogen) atoms. The Morgan fingerprint density at radius 1 is 1.00 bits per heavy atom. The van der Waals surface area contributed by atoms with Crippen molar-refractivity contribution < 1.29 is 23.8 Å². The molecule has 7 nitrogen and oxygen atoms in total. The predicted octanol–water partition coefficient (Wildman–Crippen LogP) is 5.03. The molecule has 0 unspecified atom stereocenters. The summed E-state index contributed by atoms with van der Waals surface area (Å²) in [5.74, 6) is -0.291. The summed E-state index contributed by atoms with van der Waals surface area (Å²) in [6.45, 7) is 0.0322. The molecule has 8 heteroatoms. The van der Waals surface area contributed by atoms with Gasteiger partial charge in [0.1, 0.15) is 6.61 Å². The van der Waals surface area contributed by atoms with E-state index in [4.69, 9.17) is 31.1 Å². The molecule has 0 aliphatic rings. The van der Waals surface area contributed by atoms with Crippen molar-refractivity contribution in [2.45, 2.75) is 13.0 Å². The van der Waals surface area contributed by atoms with Crippen molar-refractivity contribution in [1.82, 2.24) is 0 Å². The third-order valence-corrected chi connectivity index (χ3v) is 5.10. The predicted molar refractivity (Wildman–Crippen MR) is 128 cm³/mol. The van der Waals surface area contributed by atoms with Crippen LogP contribution in [0.4, 0.5) is 5.69 Å². The highest BCUT2D eigenvalue weighted by atomic mass is 35.5. The summed E-state index contributed by atoms with van der Waals surface area (Å²) in [6.07, 6.45) is 0.156. The molecule has 0 fully saturated rings. The molecule has 1 amide bonds. The number of nitrogens with zero attached hydrogens (tertiary/aromatic N) is 2. The molecule has 0 N–H and O–H groups in total. The van der Waals surface area contributed by atoms with E-state index in [-0.39, 0.29) is 18.5 Å². The average molecular weight is 479 g/mol. The van der Waals surface area contributed by atoms with Crippen LogP contribution < -0.4 is 14.4 Å². The normalized spacial score (nSPS) is 10.1. The molecule has 3 rings (SSSR count). The number of halogens is 1. The molecule has 0 spiro atoms.